The molecule has 0 heterocycles. The largest absolute Gasteiger partial charge is 0.377 e. The Hall–Kier alpha value is -2.88. The van der Waals surface area contributed by atoms with Crippen LogP contribution in [0.1, 0.15) is 63.3 Å². The van der Waals surface area contributed by atoms with E-state index in [4.69, 9.17) is 5.84 Å². The zero-order valence-electron chi connectivity index (χ0n) is 17.6. The quantitative estimate of drug-likeness (QED) is 0.218. The van der Waals surface area contributed by atoms with Crippen LogP contribution >= 0.6 is 0 Å². The van der Waals surface area contributed by atoms with Crippen molar-refractivity contribution < 1.29 is 0 Å². The number of aliphatic imine (C=N–C) groups is 1. The molecule has 1 aromatic rings. The fourth-order valence-electron chi connectivity index (χ4n) is 3.19. The lowest BCUT2D eigenvalue weighted by molar-refractivity contribution is 0.607. The van der Waals surface area contributed by atoms with Crippen molar-refractivity contribution in [1.82, 2.24) is 5.32 Å². The molecule has 0 saturated heterocycles. The number of benzene rings is 1. The number of nitrogens with two attached hydrogens (primary N) is 1. The maximum atomic E-state index is 5.37. The van der Waals surface area contributed by atoms with Gasteiger partial charge in [-0.15, -0.1) is 0 Å². The Morgan fingerprint density at radius 2 is 1.96 bits per heavy atom. The monoisotopic (exact) mass is 376 g/mol. The molecule has 1 aliphatic carbocycles. The minimum Gasteiger partial charge on any atom is -0.377 e. The highest BCUT2D eigenvalue weighted by Crippen LogP contribution is 2.34. The predicted molar refractivity (Wildman–Crippen MR) is 122 cm³/mol. The van der Waals surface area contributed by atoms with Crippen LogP contribution in [0.3, 0.4) is 0 Å². The van der Waals surface area contributed by atoms with Crippen molar-refractivity contribution in [2.45, 2.75) is 53.0 Å². The molecule has 4 nitrogen and oxygen atoms in total. The van der Waals surface area contributed by atoms with E-state index >= 15 is 0 Å². The Kier molecular flexibility index (Phi) is 7.16. The summed E-state index contributed by atoms with van der Waals surface area (Å²) in [6.07, 6.45) is 5.00. The molecule has 0 amide bonds. The van der Waals surface area contributed by atoms with Crippen molar-refractivity contribution in [3.63, 3.8) is 0 Å². The molecule has 0 radical (unpaired) electrons. The highest BCUT2D eigenvalue weighted by atomic mass is 15.2. The minimum atomic E-state index is 0.213. The molecular formula is C24H32N4. The molecule has 148 valence electrons. The number of hydrazone groups is 1. The smallest absolute Gasteiger partial charge is 0.145 e. The lowest BCUT2D eigenvalue weighted by Crippen LogP contribution is -2.23. The number of hydrogen-bond acceptors (Lipinski definition) is 3. The van der Waals surface area contributed by atoms with Crippen molar-refractivity contribution >= 4 is 17.1 Å². The van der Waals surface area contributed by atoms with Gasteiger partial charge in [-0.2, -0.15) is 5.10 Å². The van der Waals surface area contributed by atoms with Gasteiger partial charge in [-0.05, 0) is 73.9 Å². The molecule has 1 aliphatic rings. The van der Waals surface area contributed by atoms with Crippen LogP contribution in [-0.2, 0) is 6.42 Å². The van der Waals surface area contributed by atoms with E-state index in [1.165, 1.54) is 22.3 Å². The van der Waals surface area contributed by atoms with Crippen molar-refractivity contribution in [3.05, 3.63) is 77.5 Å². The third-order valence-corrected chi connectivity index (χ3v) is 5.21. The van der Waals surface area contributed by atoms with Gasteiger partial charge in [0.25, 0.3) is 0 Å². The maximum absolute atomic E-state index is 5.37. The number of amidine groups is 1. The van der Waals surface area contributed by atoms with Gasteiger partial charge in [0.2, 0.25) is 0 Å². The molecule has 1 aromatic carbocycles. The van der Waals surface area contributed by atoms with E-state index in [9.17, 15) is 0 Å². The van der Waals surface area contributed by atoms with Crippen molar-refractivity contribution in [3.8, 4) is 0 Å². The van der Waals surface area contributed by atoms with Gasteiger partial charge in [-0.25, -0.2) is 4.99 Å². The molecule has 4 heteroatoms. The van der Waals surface area contributed by atoms with Gasteiger partial charge in [0.1, 0.15) is 5.84 Å². The van der Waals surface area contributed by atoms with Gasteiger partial charge in [-0.3, -0.25) is 0 Å². The molecule has 0 saturated carbocycles. The molecule has 0 unspecified atom stereocenters. The Morgan fingerprint density at radius 3 is 2.57 bits per heavy atom. The lowest BCUT2D eigenvalue weighted by atomic mass is 9.99. The zero-order valence-corrected chi connectivity index (χ0v) is 17.6. The summed E-state index contributed by atoms with van der Waals surface area (Å²) in [6, 6.07) is 6.86. The second-order valence-electron chi connectivity index (χ2n) is 7.37. The van der Waals surface area contributed by atoms with Gasteiger partial charge in [0.05, 0.1) is 17.5 Å². The molecule has 0 bridgehead atoms. The summed E-state index contributed by atoms with van der Waals surface area (Å²) in [5, 5.41) is 7.22. The summed E-state index contributed by atoms with van der Waals surface area (Å²) >= 11 is 0. The highest BCUT2D eigenvalue weighted by molar-refractivity contribution is 6.13. The SMILES string of the molecule is C=C(C)/C(C)=C/C(=N\C(C)=N\N)C(=C)N[C@H]1CCc2cc(C(=C)CC)ccc21. The first kappa shape index (κ1) is 21.4. The first-order valence-corrected chi connectivity index (χ1v) is 9.70. The van der Waals surface area contributed by atoms with Crippen LogP contribution in [-0.4, -0.2) is 11.5 Å². The standard InChI is InChI=1S/C24H32N4/c1-8-16(4)20-9-11-22-21(14-20)10-12-23(22)26-18(6)24(27-19(7)28-25)13-17(5)15(2)3/h9,11,13-14,23,26H,2,4,6,8,10,12,25H2,1,3,5,7H3/b17-13+,27-24+,28-19+/t23-/m0/s1. The summed E-state index contributed by atoms with van der Waals surface area (Å²) in [5.74, 6) is 5.87. The molecule has 0 aromatic heterocycles. The zero-order chi connectivity index (χ0) is 20.8. The van der Waals surface area contributed by atoms with Crippen LogP contribution in [0, 0.1) is 0 Å². The summed E-state index contributed by atoms with van der Waals surface area (Å²) < 4.78 is 0. The maximum Gasteiger partial charge on any atom is 0.145 e. The fourth-order valence-corrected chi connectivity index (χ4v) is 3.19. The second-order valence-corrected chi connectivity index (χ2v) is 7.37. The number of nitrogens with one attached hydrogen (secondary N) is 1. The van der Waals surface area contributed by atoms with Crippen LogP contribution < -0.4 is 11.2 Å². The van der Waals surface area contributed by atoms with Gasteiger partial charge >= 0.3 is 0 Å². The van der Waals surface area contributed by atoms with Gasteiger partial charge in [0, 0.05) is 0 Å². The number of allylic oxidation sites excluding steroid dienone is 4. The number of hydrogen-bond donors (Lipinski definition) is 2. The fraction of sp³-hybridized carbons (Fsp3) is 0.333. The average Bonchev–Trinajstić information content (AvgIpc) is 3.08. The Balaban J connectivity index is 2.26. The van der Waals surface area contributed by atoms with Gasteiger partial charge < -0.3 is 11.2 Å². The number of aryl methyl sites for hydroxylation is 1. The third-order valence-electron chi connectivity index (χ3n) is 5.21. The summed E-state index contributed by atoms with van der Waals surface area (Å²) in [4.78, 5) is 4.51. The van der Waals surface area contributed by atoms with Crippen molar-refractivity contribution in [2.24, 2.45) is 15.9 Å². The van der Waals surface area contributed by atoms with Crippen LogP contribution in [0.4, 0.5) is 0 Å². The molecule has 3 N–H and O–H groups in total. The minimum absolute atomic E-state index is 0.213. The molecule has 2 rings (SSSR count). The molecule has 28 heavy (non-hydrogen) atoms. The van der Waals surface area contributed by atoms with E-state index < -0.39 is 0 Å². The van der Waals surface area contributed by atoms with E-state index in [0.717, 1.165) is 41.8 Å². The molecular weight excluding hydrogens is 344 g/mol. The number of nitrogens with zero attached hydrogens (tertiary/aromatic N) is 2. The molecule has 0 aliphatic heterocycles. The molecule has 1 atom stereocenters. The van der Waals surface area contributed by atoms with E-state index in [-0.39, 0.29) is 6.04 Å². The van der Waals surface area contributed by atoms with E-state index in [2.05, 4.69) is 60.3 Å². The topological polar surface area (TPSA) is 62.8 Å². The average molecular weight is 377 g/mol. The third kappa shape index (κ3) is 5.10. The first-order valence-electron chi connectivity index (χ1n) is 9.70. The van der Waals surface area contributed by atoms with E-state index in [1.807, 2.05) is 19.9 Å². The van der Waals surface area contributed by atoms with Gasteiger partial charge in [0.15, 0.2) is 0 Å². The van der Waals surface area contributed by atoms with Gasteiger partial charge in [-0.1, -0.05) is 50.4 Å². The van der Waals surface area contributed by atoms with Crippen molar-refractivity contribution in [1.29, 1.82) is 0 Å². The Labute approximate surface area is 169 Å². The first-order chi connectivity index (χ1) is 13.3. The summed E-state index contributed by atoms with van der Waals surface area (Å²) in [5.41, 5.74) is 8.61. The summed E-state index contributed by atoms with van der Waals surface area (Å²) in [6.45, 7) is 20.3. The molecule has 0 spiro atoms. The number of rotatable bonds is 7. The summed E-state index contributed by atoms with van der Waals surface area (Å²) in [7, 11) is 0. The van der Waals surface area contributed by atoms with Crippen LogP contribution in [0.2, 0.25) is 0 Å². The lowest BCUT2D eigenvalue weighted by Gasteiger charge is -2.18. The van der Waals surface area contributed by atoms with Crippen LogP contribution in [0.15, 0.2) is 70.9 Å². The van der Waals surface area contributed by atoms with Crippen LogP contribution in [0.5, 0.6) is 0 Å². The Bertz CT molecular complexity index is 884. The number of fused-ring (bicyclic) bond motifs is 1. The van der Waals surface area contributed by atoms with Crippen molar-refractivity contribution in [2.75, 3.05) is 0 Å². The Morgan fingerprint density at radius 1 is 1.25 bits per heavy atom. The highest BCUT2D eigenvalue weighted by Gasteiger charge is 2.23. The van der Waals surface area contributed by atoms with E-state index in [0.29, 0.717) is 5.84 Å². The normalized spacial score (nSPS) is 17.3. The predicted octanol–water partition coefficient (Wildman–Crippen LogP) is 5.46. The van der Waals surface area contributed by atoms with E-state index in [1.54, 1.807) is 6.92 Å². The van der Waals surface area contributed by atoms with Crippen LogP contribution in [0.25, 0.3) is 5.57 Å². The molecule has 0 fully saturated rings. The second kappa shape index (κ2) is 9.36.